The van der Waals surface area contributed by atoms with Gasteiger partial charge < -0.3 is 24.1 Å². The Kier molecular flexibility index (Phi) is 5.54. The molecule has 1 aromatic carbocycles. The Labute approximate surface area is 169 Å². The Morgan fingerprint density at radius 2 is 2.11 bits per heavy atom. The first-order valence-electron chi connectivity index (χ1n) is 9.39. The molecule has 6 nitrogen and oxygen atoms in total. The molecule has 0 radical (unpaired) electrons. The van der Waals surface area contributed by atoms with Crippen LogP contribution in [0.5, 0.6) is 11.5 Å². The number of nitrogens with zero attached hydrogens (tertiary/aromatic N) is 2. The molecule has 1 aliphatic rings. The van der Waals surface area contributed by atoms with Crippen molar-refractivity contribution in [2.24, 2.45) is 0 Å². The molecular weight excluding hydrogens is 374 g/mol. The minimum Gasteiger partial charge on any atom is -0.486 e. The molecule has 0 aliphatic carbocycles. The summed E-state index contributed by atoms with van der Waals surface area (Å²) in [6.45, 7) is 6.97. The van der Waals surface area contributed by atoms with Crippen molar-refractivity contribution in [3.63, 3.8) is 0 Å². The van der Waals surface area contributed by atoms with Crippen molar-refractivity contribution in [3.8, 4) is 22.8 Å². The second-order valence-corrected chi connectivity index (χ2v) is 7.71. The van der Waals surface area contributed by atoms with Gasteiger partial charge >= 0.3 is 0 Å². The Balaban J connectivity index is 1.49. The van der Waals surface area contributed by atoms with Gasteiger partial charge in [-0.1, -0.05) is 12.1 Å². The summed E-state index contributed by atoms with van der Waals surface area (Å²) in [5, 5.41) is 6.30. The lowest BCUT2D eigenvalue weighted by molar-refractivity contribution is 0.0778. The number of benzene rings is 1. The molecule has 2 aromatic heterocycles. The SMILES string of the molecule is COCCNc1nc(-c2cc(C)n(CC3COc4ccccc4O3)c2C)cs1. The molecule has 148 valence electrons. The first-order chi connectivity index (χ1) is 13.7. The van der Waals surface area contributed by atoms with Gasteiger partial charge in [-0.15, -0.1) is 11.3 Å². The molecule has 1 unspecified atom stereocenters. The number of anilines is 1. The number of nitrogens with one attached hydrogen (secondary N) is 1. The second kappa shape index (κ2) is 8.24. The van der Waals surface area contributed by atoms with E-state index in [0.717, 1.165) is 41.0 Å². The van der Waals surface area contributed by atoms with E-state index in [-0.39, 0.29) is 6.10 Å². The van der Waals surface area contributed by atoms with Crippen LogP contribution in [0.25, 0.3) is 11.3 Å². The highest BCUT2D eigenvalue weighted by Crippen LogP contribution is 2.33. The number of fused-ring (bicyclic) bond motifs is 1. The van der Waals surface area contributed by atoms with Crippen LogP contribution in [0, 0.1) is 13.8 Å². The molecule has 1 aliphatic heterocycles. The van der Waals surface area contributed by atoms with E-state index in [1.165, 1.54) is 11.4 Å². The maximum absolute atomic E-state index is 6.14. The second-order valence-electron chi connectivity index (χ2n) is 6.85. The van der Waals surface area contributed by atoms with Crippen molar-refractivity contribution in [3.05, 3.63) is 47.1 Å². The van der Waals surface area contributed by atoms with Crippen LogP contribution < -0.4 is 14.8 Å². The maximum atomic E-state index is 6.14. The predicted octanol–water partition coefficient (Wildman–Crippen LogP) is 4.13. The molecule has 3 heterocycles. The summed E-state index contributed by atoms with van der Waals surface area (Å²) in [6.07, 6.45) is -0.0192. The van der Waals surface area contributed by atoms with Crippen molar-refractivity contribution in [1.29, 1.82) is 0 Å². The molecule has 0 amide bonds. The van der Waals surface area contributed by atoms with Crippen LogP contribution in [-0.4, -0.2) is 42.5 Å². The van der Waals surface area contributed by atoms with Gasteiger partial charge in [0.25, 0.3) is 0 Å². The van der Waals surface area contributed by atoms with Gasteiger partial charge in [-0.3, -0.25) is 0 Å². The number of thiazole rings is 1. The van der Waals surface area contributed by atoms with Crippen LogP contribution >= 0.6 is 11.3 Å². The van der Waals surface area contributed by atoms with Gasteiger partial charge in [0.1, 0.15) is 6.61 Å². The fourth-order valence-corrected chi connectivity index (χ4v) is 4.18. The fraction of sp³-hybridized carbons (Fsp3) is 0.381. The van der Waals surface area contributed by atoms with Crippen LogP contribution in [0.15, 0.2) is 35.7 Å². The number of aryl methyl sites for hydroxylation is 1. The van der Waals surface area contributed by atoms with E-state index in [9.17, 15) is 0 Å². The Hall–Kier alpha value is -2.51. The Morgan fingerprint density at radius 1 is 1.29 bits per heavy atom. The van der Waals surface area contributed by atoms with Crippen molar-refractivity contribution >= 4 is 16.5 Å². The summed E-state index contributed by atoms with van der Waals surface area (Å²) in [7, 11) is 1.70. The Morgan fingerprint density at radius 3 is 2.93 bits per heavy atom. The van der Waals surface area contributed by atoms with Gasteiger partial charge in [0.15, 0.2) is 22.7 Å². The number of aromatic nitrogens is 2. The fourth-order valence-electron chi connectivity index (χ4n) is 3.44. The molecule has 28 heavy (non-hydrogen) atoms. The van der Waals surface area contributed by atoms with E-state index in [0.29, 0.717) is 13.2 Å². The van der Waals surface area contributed by atoms with Crippen LogP contribution in [0.2, 0.25) is 0 Å². The van der Waals surface area contributed by atoms with Gasteiger partial charge in [-0.05, 0) is 32.0 Å². The molecule has 0 spiro atoms. The molecule has 0 bridgehead atoms. The molecule has 7 heteroatoms. The number of hydrogen-bond donors (Lipinski definition) is 1. The number of rotatable bonds is 7. The summed E-state index contributed by atoms with van der Waals surface area (Å²) in [6, 6.07) is 10.0. The lowest BCUT2D eigenvalue weighted by Crippen LogP contribution is -2.33. The summed E-state index contributed by atoms with van der Waals surface area (Å²) in [5.74, 6) is 1.63. The van der Waals surface area contributed by atoms with Gasteiger partial charge in [0.2, 0.25) is 0 Å². The molecule has 0 saturated carbocycles. The lowest BCUT2D eigenvalue weighted by Gasteiger charge is -2.27. The predicted molar refractivity (Wildman–Crippen MR) is 112 cm³/mol. The average molecular weight is 400 g/mol. The number of para-hydroxylation sites is 2. The van der Waals surface area contributed by atoms with Crippen LogP contribution in [0.3, 0.4) is 0 Å². The molecular formula is C21H25N3O3S. The minimum atomic E-state index is -0.0192. The maximum Gasteiger partial charge on any atom is 0.183 e. The monoisotopic (exact) mass is 399 g/mol. The van der Waals surface area contributed by atoms with E-state index in [4.69, 9.17) is 19.2 Å². The van der Waals surface area contributed by atoms with Crippen molar-refractivity contribution in [2.45, 2.75) is 26.5 Å². The minimum absolute atomic E-state index is 0.0192. The number of methoxy groups -OCH3 is 1. The van der Waals surface area contributed by atoms with Crippen molar-refractivity contribution < 1.29 is 14.2 Å². The average Bonchev–Trinajstić information content (AvgIpc) is 3.28. The Bertz CT molecular complexity index is 950. The summed E-state index contributed by atoms with van der Waals surface area (Å²) in [4.78, 5) is 4.73. The van der Waals surface area contributed by atoms with Crippen LogP contribution in [-0.2, 0) is 11.3 Å². The highest BCUT2D eigenvalue weighted by molar-refractivity contribution is 7.14. The molecule has 1 atom stereocenters. The quantitative estimate of drug-likeness (QED) is 0.606. The molecule has 3 aromatic rings. The van der Waals surface area contributed by atoms with Gasteiger partial charge in [0.05, 0.1) is 18.8 Å². The zero-order valence-electron chi connectivity index (χ0n) is 16.4. The van der Waals surface area contributed by atoms with Crippen LogP contribution in [0.1, 0.15) is 11.4 Å². The summed E-state index contributed by atoms with van der Waals surface area (Å²) in [5.41, 5.74) is 4.53. The van der Waals surface area contributed by atoms with Gasteiger partial charge in [0, 0.05) is 36.0 Å². The van der Waals surface area contributed by atoms with E-state index in [2.05, 4.69) is 35.2 Å². The molecule has 0 saturated heterocycles. The largest absolute Gasteiger partial charge is 0.486 e. The summed E-state index contributed by atoms with van der Waals surface area (Å²) >= 11 is 1.61. The van der Waals surface area contributed by atoms with E-state index in [1.807, 2.05) is 24.3 Å². The third-order valence-electron chi connectivity index (χ3n) is 4.89. The first kappa shape index (κ1) is 18.8. The zero-order chi connectivity index (χ0) is 19.5. The van der Waals surface area contributed by atoms with E-state index < -0.39 is 0 Å². The normalized spacial score (nSPS) is 15.6. The van der Waals surface area contributed by atoms with E-state index in [1.54, 1.807) is 18.4 Å². The molecule has 4 rings (SSSR count). The van der Waals surface area contributed by atoms with Crippen LogP contribution in [0.4, 0.5) is 5.13 Å². The topological polar surface area (TPSA) is 57.5 Å². The standard InChI is InChI=1S/C21H25N3O3S/c1-14-10-17(18-13-28-21(23-18)22-8-9-25-3)15(2)24(14)11-16-12-26-19-6-4-5-7-20(19)27-16/h4-7,10,13,16H,8-9,11-12H2,1-3H3,(H,22,23). The van der Waals surface area contributed by atoms with Gasteiger partial charge in [-0.25, -0.2) is 4.98 Å². The number of hydrogen-bond acceptors (Lipinski definition) is 6. The van der Waals surface area contributed by atoms with Crippen molar-refractivity contribution in [2.75, 3.05) is 32.2 Å². The smallest absolute Gasteiger partial charge is 0.183 e. The van der Waals surface area contributed by atoms with E-state index >= 15 is 0 Å². The number of ether oxygens (including phenoxy) is 3. The third kappa shape index (κ3) is 3.86. The first-order valence-corrected chi connectivity index (χ1v) is 10.3. The lowest BCUT2D eigenvalue weighted by atomic mass is 10.2. The zero-order valence-corrected chi connectivity index (χ0v) is 17.2. The highest BCUT2D eigenvalue weighted by atomic mass is 32.1. The highest BCUT2D eigenvalue weighted by Gasteiger charge is 2.23. The van der Waals surface area contributed by atoms with Crippen molar-refractivity contribution in [1.82, 2.24) is 9.55 Å². The summed E-state index contributed by atoms with van der Waals surface area (Å²) < 4.78 is 19.4. The third-order valence-corrected chi connectivity index (χ3v) is 5.69. The molecule has 0 fully saturated rings. The van der Waals surface area contributed by atoms with Gasteiger partial charge in [-0.2, -0.15) is 0 Å². The molecule has 1 N–H and O–H groups in total.